The van der Waals surface area contributed by atoms with Crippen LogP contribution in [0.2, 0.25) is 5.02 Å². The van der Waals surface area contributed by atoms with Gasteiger partial charge in [-0.1, -0.05) is 11.6 Å². The minimum absolute atomic E-state index is 0.497. The first-order valence-corrected chi connectivity index (χ1v) is 9.79. The van der Waals surface area contributed by atoms with E-state index in [1.807, 2.05) is 0 Å². The van der Waals surface area contributed by atoms with Crippen molar-refractivity contribution >= 4 is 37.1 Å². The lowest BCUT2D eigenvalue weighted by molar-refractivity contribution is 0.319. The van der Waals surface area contributed by atoms with Crippen LogP contribution in [-0.4, -0.2) is 22.8 Å². The van der Waals surface area contributed by atoms with Gasteiger partial charge in [-0.15, -0.1) is 0 Å². The highest BCUT2D eigenvalue weighted by molar-refractivity contribution is 8.57. The molecule has 96 valence electrons. The maximum absolute atomic E-state index is 11.7. The highest BCUT2D eigenvalue weighted by atomic mass is 35.5. The van der Waals surface area contributed by atoms with Gasteiger partial charge in [0.15, 0.2) is 0 Å². The van der Waals surface area contributed by atoms with Gasteiger partial charge in [0.05, 0.1) is 0 Å². The van der Waals surface area contributed by atoms with Gasteiger partial charge in [-0.3, -0.25) is 9.13 Å². The van der Waals surface area contributed by atoms with Crippen molar-refractivity contribution in [3.63, 3.8) is 0 Å². The SMILES string of the molecule is COP(=O)(O)C[P@](=O)(O)Sc1ccc(Cl)cc1. The van der Waals surface area contributed by atoms with Gasteiger partial charge in [0.1, 0.15) is 5.90 Å². The third-order valence-electron chi connectivity index (χ3n) is 1.70. The molecule has 2 atom stereocenters. The molecule has 0 radical (unpaired) electrons. The van der Waals surface area contributed by atoms with Crippen molar-refractivity contribution in [1.82, 2.24) is 0 Å². The Hall–Kier alpha value is 0.200. The Labute approximate surface area is 108 Å². The number of rotatable bonds is 5. The Morgan fingerprint density at radius 1 is 1.29 bits per heavy atom. The summed E-state index contributed by atoms with van der Waals surface area (Å²) < 4.78 is 27.2. The van der Waals surface area contributed by atoms with Crippen LogP contribution in [0.15, 0.2) is 29.2 Å². The molecule has 0 saturated heterocycles. The molecule has 0 amide bonds. The van der Waals surface area contributed by atoms with Gasteiger partial charge in [-0.2, -0.15) is 0 Å². The molecule has 0 aliphatic heterocycles. The van der Waals surface area contributed by atoms with E-state index in [0.29, 0.717) is 21.3 Å². The van der Waals surface area contributed by atoms with Crippen molar-refractivity contribution in [3.8, 4) is 0 Å². The van der Waals surface area contributed by atoms with Gasteiger partial charge in [0.25, 0.3) is 6.57 Å². The van der Waals surface area contributed by atoms with Gasteiger partial charge < -0.3 is 14.3 Å². The molecule has 0 spiro atoms. The van der Waals surface area contributed by atoms with Gasteiger partial charge in [-0.25, -0.2) is 0 Å². The fourth-order valence-corrected chi connectivity index (χ4v) is 7.37. The van der Waals surface area contributed by atoms with Crippen LogP contribution in [0.1, 0.15) is 0 Å². The molecule has 1 rings (SSSR count). The number of hydrogen-bond donors (Lipinski definition) is 2. The molecule has 0 heterocycles. The fourth-order valence-electron chi connectivity index (χ4n) is 0.973. The number of benzene rings is 1. The lowest BCUT2D eigenvalue weighted by Crippen LogP contribution is -1.91. The lowest BCUT2D eigenvalue weighted by atomic mass is 10.4. The lowest BCUT2D eigenvalue weighted by Gasteiger charge is -2.14. The van der Waals surface area contributed by atoms with Crippen molar-refractivity contribution in [2.45, 2.75) is 4.90 Å². The third kappa shape index (κ3) is 5.58. The van der Waals surface area contributed by atoms with Crippen LogP contribution in [-0.2, 0) is 13.7 Å². The number of halogens is 1. The van der Waals surface area contributed by atoms with E-state index in [1.165, 1.54) is 0 Å². The predicted octanol–water partition coefficient (Wildman–Crippen LogP) is 3.41. The molecular weight excluding hydrogens is 306 g/mol. The molecule has 9 heteroatoms. The van der Waals surface area contributed by atoms with Crippen molar-refractivity contribution in [2.75, 3.05) is 13.0 Å². The summed E-state index contributed by atoms with van der Waals surface area (Å²) in [6.45, 7) is -3.83. The van der Waals surface area contributed by atoms with Crippen molar-refractivity contribution in [3.05, 3.63) is 29.3 Å². The molecule has 0 aliphatic rings. The zero-order valence-electron chi connectivity index (χ0n) is 8.82. The Balaban J connectivity index is 2.76. The third-order valence-corrected chi connectivity index (χ3v) is 8.68. The van der Waals surface area contributed by atoms with Crippen molar-refractivity contribution in [1.29, 1.82) is 0 Å². The van der Waals surface area contributed by atoms with Crippen LogP contribution in [0.4, 0.5) is 0 Å². The molecule has 2 N–H and O–H groups in total. The molecule has 1 aromatic rings. The second-order valence-electron chi connectivity index (χ2n) is 3.14. The minimum atomic E-state index is -4.00. The summed E-state index contributed by atoms with van der Waals surface area (Å²) in [4.78, 5) is 19.2. The molecule has 0 fully saturated rings. The summed E-state index contributed by atoms with van der Waals surface area (Å²) in [5.74, 6) is -0.788. The smallest absolute Gasteiger partial charge is 0.336 e. The summed E-state index contributed by atoms with van der Waals surface area (Å²) in [7, 11) is -2.98. The molecule has 0 saturated carbocycles. The maximum atomic E-state index is 11.7. The summed E-state index contributed by atoms with van der Waals surface area (Å²) in [5.41, 5.74) is 0. The van der Waals surface area contributed by atoms with Gasteiger partial charge in [0, 0.05) is 17.0 Å². The van der Waals surface area contributed by atoms with E-state index in [0.717, 1.165) is 7.11 Å². The topological polar surface area (TPSA) is 83.8 Å². The Kier molecular flexibility index (Phi) is 5.29. The van der Waals surface area contributed by atoms with Crippen LogP contribution in [0, 0.1) is 0 Å². The maximum Gasteiger partial charge on any atom is 0.338 e. The predicted molar refractivity (Wildman–Crippen MR) is 68.8 cm³/mol. The molecular formula is C8H11ClO5P2S. The van der Waals surface area contributed by atoms with E-state index in [2.05, 4.69) is 4.52 Å². The summed E-state index contributed by atoms with van der Waals surface area (Å²) in [6, 6.07) is 6.26. The van der Waals surface area contributed by atoms with E-state index in [9.17, 15) is 14.0 Å². The fraction of sp³-hybridized carbons (Fsp3) is 0.250. The van der Waals surface area contributed by atoms with Crippen LogP contribution in [0.25, 0.3) is 0 Å². The molecule has 1 aromatic carbocycles. The zero-order valence-corrected chi connectivity index (χ0v) is 12.2. The summed E-state index contributed by atoms with van der Waals surface area (Å²) >= 11 is 6.30. The van der Waals surface area contributed by atoms with Gasteiger partial charge >= 0.3 is 7.60 Å². The van der Waals surface area contributed by atoms with E-state index >= 15 is 0 Å². The van der Waals surface area contributed by atoms with Crippen LogP contribution in [0.3, 0.4) is 0 Å². The van der Waals surface area contributed by atoms with Crippen LogP contribution < -0.4 is 0 Å². The van der Waals surface area contributed by atoms with Crippen molar-refractivity contribution in [2.24, 2.45) is 0 Å². The van der Waals surface area contributed by atoms with E-state index in [4.69, 9.17) is 16.5 Å². The second-order valence-corrected chi connectivity index (χ2v) is 10.5. The van der Waals surface area contributed by atoms with E-state index in [-0.39, 0.29) is 0 Å². The highest BCUT2D eigenvalue weighted by Crippen LogP contribution is 2.66. The first-order valence-electron chi connectivity index (χ1n) is 4.39. The normalized spacial score (nSPS) is 18.4. The summed E-state index contributed by atoms with van der Waals surface area (Å²) in [6.07, 6.45) is 0. The van der Waals surface area contributed by atoms with E-state index < -0.39 is 20.1 Å². The summed E-state index contributed by atoms with van der Waals surface area (Å²) in [5, 5.41) is 0.506. The highest BCUT2D eigenvalue weighted by Gasteiger charge is 2.32. The Bertz CT molecular complexity index is 477. The average molecular weight is 317 g/mol. The molecule has 5 nitrogen and oxygen atoms in total. The average Bonchev–Trinajstić information content (AvgIpc) is 2.20. The van der Waals surface area contributed by atoms with Crippen LogP contribution >= 0.6 is 37.1 Å². The molecule has 17 heavy (non-hydrogen) atoms. The van der Waals surface area contributed by atoms with E-state index in [1.54, 1.807) is 24.3 Å². The van der Waals surface area contributed by atoms with Crippen LogP contribution in [0.5, 0.6) is 0 Å². The largest absolute Gasteiger partial charge is 0.338 e. The Morgan fingerprint density at radius 3 is 2.29 bits per heavy atom. The van der Waals surface area contributed by atoms with Gasteiger partial charge in [0.2, 0.25) is 0 Å². The second kappa shape index (κ2) is 5.89. The molecule has 0 aromatic heterocycles. The standard InChI is InChI=1S/C8H11ClO5P2S/c1-14-15(10,11)6-16(12,13)17-8-4-2-7(9)3-5-8/h2-5H,6H2,1H3,(H,10,11)(H,12,13). The minimum Gasteiger partial charge on any atom is -0.336 e. The zero-order chi connectivity index (χ0) is 13.1. The quantitative estimate of drug-likeness (QED) is 0.810. The Morgan fingerprint density at radius 2 is 1.82 bits per heavy atom. The van der Waals surface area contributed by atoms with Gasteiger partial charge in [-0.05, 0) is 35.6 Å². The first-order chi connectivity index (χ1) is 7.74. The molecule has 0 aliphatic carbocycles. The monoisotopic (exact) mass is 316 g/mol. The molecule has 1 unspecified atom stereocenters. The molecule has 0 bridgehead atoms. The first kappa shape index (κ1) is 15.3. The van der Waals surface area contributed by atoms with Crippen molar-refractivity contribution < 1.29 is 23.4 Å². The number of hydrogen-bond acceptors (Lipinski definition) is 4.